The van der Waals surface area contributed by atoms with Crippen LogP contribution >= 0.6 is 0 Å². The molecule has 0 radical (unpaired) electrons. The number of hydrogen-bond donors (Lipinski definition) is 3. The normalized spacial score (nSPS) is 13.4. The highest BCUT2D eigenvalue weighted by molar-refractivity contribution is 5.77. The smallest absolute Gasteiger partial charge is 0.336 e. The number of nitrogens with one attached hydrogen (secondary N) is 1. The van der Waals surface area contributed by atoms with Crippen LogP contribution in [0, 0.1) is 0 Å². The minimum absolute atomic E-state index is 0.184. The molecule has 0 aliphatic heterocycles. The fraction of sp³-hybridized carbons (Fsp3) is 0.444. The average Bonchev–Trinajstić information content (AvgIpc) is 2.59. The third-order valence-electron chi connectivity index (χ3n) is 3.76. The highest BCUT2D eigenvalue weighted by Crippen LogP contribution is 2.19. The van der Waals surface area contributed by atoms with E-state index in [4.69, 9.17) is 9.15 Å². The first-order valence-electron chi connectivity index (χ1n) is 8.28. The maximum absolute atomic E-state index is 11.6. The zero-order chi connectivity index (χ0) is 18.2. The van der Waals surface area contributed by atoms with E-state index < -0.39 is 17.8 Å². The third-order valence-corrected chi connectivity index (χ3v) is 3.76. The van der Waals surface area contributed by atoms with Crippen molar-refractivity contribution in [2.45, 2.75) is 38.3 Å². The second-order valence-electron chi connectivity index (χ2n) is 5.77. The van der Waals surface area contributed by atoms with Gasteiger partial charge < -0.3 is 24.7 Å². The van der Waals surface area contributed by atoms with E-state index in [1.54, 1.807) is 24.3 Å². The summed E-state index contributed by atoms with van der Waals surface area (Å²) in [5.74, 6) is 0.302. The molecule has 0 saturated carbocycles. The van der Waals surface area contributed by atoms with Gasteiger partial charge in [0.05, 0.1) is 25.4 Å². The van der Waals surface area contributed by atoms with Crippen LogP contribution in [0.4, 0.5) is 0 Å². The molecule has 1 aromatic heterocycles. The van der Waals surface area contributed by atoms with Crippen LogP contribution in [0.2, 0.25) is 0 Å². The summed E-state index contributed by atoms with van der Waals surface area (Å²) in [6.07, 6.45) is 0.349. The SMILES string of the molecule is CCCC(=O)NC(CO)C(O)CCOc1ccc2ccc(=O)oc2c1. The lowest BCUT2D eigenvalue weighted by molar-refractivity contribution is -0.123. The predicted octanol–water partition coefficient (Wildman–Crippen LogP) is 1.20. The lowest BCUT2D eigenvalue weighted by atomic mass is 10.1. The number of hydrogen-bond acceptors (Lipinski definition) is 6. The molecule has 2 atom stereocenters. The van der Waals surface area contributed by atoms with Crippen LogP contribution < -0.4 is 15.7 Å². The number of carbonyl (C=O) groups excluding carboxylic acids is 1. The van der Waals surface area contributed by atoms with Crippen LogP contribution in [-0.2, 0) is 4.79 Å². The predicted molar refractivity (Wildman–Crippen MR) is 92.5 cm³/mol. The van der Waals surface area contributed by atoms with Crippen LogP contribution in [0.15, 0.2) is 39.5 Å². The van der Waals surface area contributed by atoms with Gasteiger partial charge in [-0.15, -0.1) is 0 Å². The Hall–Kier alpha value is -2.38. The Balaban J connectivity index is 1.88. The minimum Gasteiger partial charge on any atom is -0.493 e. The van der Waals surface area contributed by atoms with Gasteiger partial charge in [0.25, 0.3) is 0 Å². The first kappa shape index (κ1) is 19.0. The molecular weight excluding hydrogens is 326 g/mol. The molecule has 1 aromatic carbocycles. The van der Waals surface area contributed by atoms with Crippen molar-refractivity contribution < 1.29 is 24.2 Å². The number of aliphatic hydroxyl groups is 2. The number of rotatable bonds is 9. The Labute approximate surface area is 145 Å². The largest absolute Gasteiger partial charge is 0.493 e. The number of aliphatic hydroxyl groups excluding tert-OH is 2. The van der Waals surface area contributed by atoms with Crippen molar-refractivity contribution in [3.63, 3.8) is 0 Å². The molecule has 1 heterocycles. The summed E-state index contributed by atoms with van der Waals surface area (Å²) in [7, 11) is 0. The van der Waals surface area contributed by atoms with Crippen LogP contribution in [0.1, 0.15) is 26.2 Å². The van der Waals surface area contributed by atoms with Gasteiger partial charge in [-0.3, -0.25) is 4.79 Å². The third kappa shape index (κ3) is 5.58. The van der Waals surface area contributed by atoms with E-state index in [1.165, 1.54) is 6.07 Å². The van der Waals surface area contributed by atoms with Crippen molar-refractivity contribution in [2.24, 2.45) is 0 Å². The van der Waals surface area contributed by atoms with E-state index in [9.17, 15) is 19.8 Å². The molecule has 136 valence electrons. The van der Waals surface area contributed by atoms with E-state index in [1.807, 2.05) is 6.92 Å². The van der Waals surface area contributed by atoms with Crippen LogP contribution in [0.25, 0.3) is 11.0 Å². The maximum Gasteiger partial charge on any atom is 0.336 e. The number of benzene rings is 1. The van der Waals surface area contributed by atoms with Crippen molar-refractivity contribution >= 4 is 16.9 Å². The lowest BCUT2D eigenvalue weighted by Crippen LogP contribution is -2.46. The van der Waals surface area contributed by atoms with Crippen LogP contribution in [0.5, 0.6) is 5.75 Å². The maximum atomic E-state index is 11.6. The molecule has 0 saturated heterocycles. The van der Waals surface area contributed by atoms with Crippen LogP contribution in [0.3, 0.4) is 0 Å². The molecule has 3 N–H and O–H groups in total. The monoisotopic (exact) mass is 349 g/mol. The van der Waals surface area contributed by atoms with Gasteiger partial charge in [-0.05, 0) is 24.6 Å². The summed E-state index contributed by atoms with van der Waals surface area (Å²) >= 11 is 0. The van der Waals surface area contributed by atoms with E-state index in [2.05, 4.69) is 5.32 Å². The van der Waals surface area contributed by atoms with E-state index >= 15 is 0 Å². The van der Waals surface area contributed by atoms with Gasteiger partial charge in [0.15, 0.2) is 0 Å². The molecule has 25 heavy (non-hydrogen) atoms. The average molecular weight is 349 g/mol. The Bertz CT molecular complexity index is 757. The van der Waals surface area contributed by atoms with E-state index in [0.29, 0.717) is 24.2 Å². The molecule has 2 aromatic rings. The molecule has 7 heteroatoms. The second-order valence-corrected chi connectivity index (χ2v) is 5.77. The molecule has 0 fully saturated rings. The van der Waals surface area contributed by atoms with Crippen molar-refractivity contribution in [3.05, 3.63) is 40.8 Å². The first-order valence-corrected chi connectivity index (χ1v) is 8.28. The molecule has 2 rings (SSSR count). The topological polar surface area (TPSA) is 109 Å². The number of fused-ring (bicyclic) bond motifs is 1. The minimum atomic E-state index is -0.927. The second kappa shape index (κ2) is 9.19. The summed E-state index contributed by atoms with van der Waals surface area (Å²) < 4.78 is 10.6. The summed E-state index contributed by atoms with van der Waals surface area (Å²) in [4.78, 5) is 22.8. The van der Waals surface area contributed by atoms with Gasteiger partial charge in [-0.1, -0.05) is 6.92 Å². The van der Waals surface area contributed by atoms with E-state index in [0.717, 1.165) is 5.39 Å². The quantitative estimate of drug-likeness (QED) is 0.587. The Morgan fingerprint density at radius 3 is 2.80 bits per heavy atom. The Kier molecular flexibility index (Phi) is 6.97. The van der Waals surface area contributed by atoms with E-state index in [-0.39, 0.29) is 25.5 Å². The first-order chi connectivity index (χ1) is 12.0. The Morgan fingerprint density at radius 1 is 1.32 bits per heavy atom. The number of ether oxygens (including phenoxy) is 1. The number of amides is 1. The van der Waals surface area contributed by atoms with Crippen molar-refractivity contribution in [3.8, 4) is 5.75 Å². The highest BCUT2D eigenvalue weighted by Gasteiger charge is 2.20. The summed E-state index contributed by atoms with van der Waals surface area (Å²) in [5.41, 5.74) is -0.0145. The summed E-state index contributed by atoms with van der Waals surface area (Å²) in [6.45, 7) is 1.71. The highest BCUT2D eigenvalue weighted by atomic mass is 16.5. The van der Waals surface area contributed by atoms with Gasteiger partial charge in [-0.25, -0.2) is 4.79 Å². The summed E-state index contributed by atoms with van der Waals surface area (Å²) in [6, 6.07) is 7.40. The molecule has 2 unspecified atom stereocenters. The van der Waals surface area contributed by atoms with Crippen molar-refractivity contribution in [2.75, 3.05) is 13.2 Å². The number of carbonyl (C=O) groups is 1. The van der Waals surface area contributed by atoms with Crippen LogP contribution in [-0.4, -0.2) is 41.5 Å². The molecule has 0 aliphatic rings. The zero-order valence-corrected chi connectivity index (χ0v) is 14.1. The fourth-order valence-corrected chi connectivity index (χ4v) is 2.40. The molecule has 7 nitrogen and oxygen atoms in total. The fourth-order valence-electron chi connectivity index (χ4n) is 2.40. The van der Waals surface area contributed by atoms with Crippen molar-refractivity contribution in [1.29, 1.82) is 0 Å². The molecule has 0 aliphatic carbocycles. The van der Waals surface area contributed by atoms with Gasteiger partial charge in [0.2, 0.25) is 5.91 Å². The molecular formula is C18H23NO6. The summed E-state index contributed by atoms with van der Waals surface area (Å²) in [5, 5.41) is 22.8. The van der Waals surface area contributed by atoms with Gasteiger partial charge in [0.1, 0.15) is 11.3 Å². The van der Waals surface area contributed by atoms with Gasteiger partial charge in [-0.2, -0.15) is 0 Å². The molecule has 0 spiro atoms. The van der Waals surface area contributed by atoms with Gasteiger partial charge in [0, 0.05) is 30.4 Å². The van der Waals surface area contributed by atoms with Gasteiger partial charge >= 0.3 is 5.63 Å². The molecule has 1 amide bonds. The molecule has 0 bridgehead atoms. The zero-order valence-electron chi connectivity index (χ0n) is 14.1. The standard InChI is InChI=1S/C18H23NO6/c1-2-3-17(22)19-14(11-20)15(21)8-9-24-13-6-4-12-5-7-18(23)25-16(12)10-13/h4-7,10,14-15,20-21H,2-3,8-9,11H2,1H3,(H,19,22). The lowest BCUT2D eigenvalue weighted by Gasteiger charge is -2.22. The Morgan fingerprint density at radius 2 is 2.08 bits per heavy atom. The van der Waals surface area contributed by atoms with Crippen molar-refractivity contribution in [1.82, 2.24) is 5.32 Å².